The van der Waals surface area contributed by atoms with Crippen LogP contribution < -0.4 is 15.5 Å². The molecule has 3 aromatic rings. The SMILES string of the molecule is CS(=O)(=O)N1CCN(c2ccc(NC(=S)NC(=O)c3cccc4c(Br)cccc34)cc2)CC1. The highest BCUT2D eigenvalue weighted by Gasteiger charge is 2.23. The third-order valence-electron chi connectivity index (χ3n) is 5.54. The van der Waals surface area contributed by atoms with Crippen LogP contribution in [0.2, 0.25) is 0 Å². The molecule has 33 heavy (non-hydrogen) atoms. The van der Waals surface area contributed by atoms with Crippen LogP contribution >= 0.6 is 28.1 Å². The Bertz CT molecular complexity index is 1310. The van der Waals surface area contributed by atoms with E-state index in [0.717, 1.165) is 26.6 Å². The summed E-state index contributed by atoms with van der Waals surface area (Å²) in [5.74, 6) is -0.281. The van der Waals surface area contributed by atoms with E-state index < -0.39 is 10.0 Å². The summed E-state index contributed by atoms with van der Waals surface area (Å²) in [5.41, 5.74) is 2.30. The van der Waals surface area contributed by atoms with Crippen LogP contribution in [0.4, 0.5) is 11.4 Å². The molecule has 4 rings (SSSR count). The lowest BCUT2D eigenvalue weighted by Crippen LogP contribution is -2.48. The van der Waals surface area contributed by atoms with Gasteiger partial charge in [-0.1, -0.05) is 40.2 Å². The molecule has 0 aromatic heterocycles. The molecule has 1 aliphatic heterocycles. The van der Waals surface area contributed by atoms with Gasteiger partial charge in [0.25, 0.3) is 5.91 Å². The van der Waals surface area contributed by atoms with E-state index >= 15 is 0 Å². The summed E-state index contributed by atoms with van der Waals surface area (Å²) < 4.78 is 25.8. The molecule has 2 N–H and O–H groups in total. The van der Waals surface area contributed by atoms with Gasteiger partial charge in [-0.2, -0.15) is 4.31 Å². The lowest BCUT2D eigenvalue weighted by Gasteiger charge is -2.34. The summed E-state index contributed by atoms with van der Waals surface area (Å²) in [4.78, 5) is 15.0. The predicted molar refractivity (Wildman–Crippen MR) is 140 cm³/mol. The summed E-state index contributed by atoms with van der Waals surface area (Å²) in [6, 6.07) is 19.0. The van der Waals surface area contributed by atoms with E-state index in [1.807, 2.05) is 54.6 Å². The van der Waals surface area contributed by atoms with Crippen molar-refractivity contribution in [2.24, 2.45) is 0 Å². The van der Waals surface area contributed by atoms with Crippen molar-refractivity contribution in [2.45, 2.75) is 0 Å². The van der Waals surface area contributed by atoms with Crippen molar-refractivity contribution in [3.05, 3.63) is 70.7 Å². The van der Waals surface area contributed by atoms with E-state index in [-0.39, 0.29) is 11.0 Å². The number of hydrogen-bond acceptors (Lipinski definition) is 5. The molecule has 0 spiro atoms. The number of hydrogen-bond donors (Lipinski definition) is 2. The average molecular weight is 548 g/mol. The van der Waals surface area contributed by atoms with Crippen molar-refractivity contribution in [1.82, 2.24) is 9.62 Å². The molecule has 3 aromatic carbocycles. The fraction of sp³-hybridized carbons (Fsp3) is 0.217. The number of rotatable bonds is 4. The molecule has 0 radical (unpaired) electrons. The first-order valence-corrected chi connectivity index (χ1v) is 13.4. The van der Waals surface area contributed by atoms with Gasteiger partial charge in [0.05, 0.1) is 6.26 Å². The fourth-order valence-electron chi connectivity index (χ4n) is 3.84. The number of sulfonamides is 1. The molecule has 172 valence electrons. The van der Waals surface area contributed by atoms with Gasteiger partial charge in [0.15, 0.2) is 5.11 Å². The van der Waals surface area contributed by atoms with Crippen LogP contribution in [0.25, 0.3) is 10.8 Å². The minimum Gasteiger partial charge on any atom is -0.369 e. The third-order valence-corrected chi connectivity index (χ3v) is 7.74. The molecule has 0 unspecified atom stereocenters. The third kappa shape index (κ3) is 5.52. The Morgan fingerprint density at radius 3 is 2.24 bits per heavy atom. The number of nitrogens with one attached hydrogen (secondary N) is 2. The summed E-state index contributed by atoms with van der Waals surface area (Å²) in [7, 11) is -3.15. The standard InChI is InChI=1S/C23H23BrN4O3S2/c1-33(30,31)28-14-12-27(13-15-28)17-10-8-16(9-11-17)25-23(32)26-22(29)20-6-2-5-19-18(20)4-3-7-21(19)24/h2-11H,12-15H2,1H3,(H2,25,26,29,32). The van der Waals surface area contributed by atoms with Crippen LogP contribution in [-0.2, 0) is 10.0 Å². The van der Waals surface area contributed by atoms with Gasteiger partial charge in [0.2, 0.25) is 10.0 Å². The number of benzene rings is 3. The number of carbonyl (C=O) groups is 1. The van der Waals surface area contributed by atoms with Gasteiger partial charge < -0.3 is 10.2 Å². The van der Waals surface area contributed by atoms with Gasteiger partial charge in [-0.25, -0.2) is 8.42 Å². The molecule has 0 saturated carbocycles. The van der Waals surface area contributed by atoms with Gasteiger partial charge in [-0.3, -0.25) is 10.1 Å². The van der Waals surface area contributed by atoms with E-state index in [1.165, 1.54) is 10.6 Å². The number of nitrogens with zero attached hydrogens (tertiary/aromatic N) is 2. The van der Waals surface area contributed by atoms with E-state index in [1.54, 1.807) is 6.07 Å². The molecule has 1 aliphatic rings. The molecule has 0 aliphatic carbocycles. The van der Waals surface area contributed by atoms with Crippen molar-refractivity contribution < 1.29 is 13.2 Å². The zero-order valence-electron chi connectivity index (χ0n) is 17.9. The summed E-state index contributed by atoms with van der Waals surface area (Å²) in [6.07, 6.45) is 1.24. The topological polar surface area (TPSA) is 81.8 Å². The zero-order chi connectivity index (χ0) is 23.6. The number of halogens is 1. The maximum atomic E-state index is 12.8. The largest absolute Gasteiger partial charge is 0.369 e. The first kappa shape index (κ1) is 23.6. The van der Waals surface area contributed by atoms with Crippen molar-refractivity contribution in [3.8, 4) is 0 Å². The Kier molecular flexibility index (Phi) is 6.99. The Morgan fingerprint density at radius 1 is 0.939 bits per heavy atom. The van der Waals surface area contributed by atoms with Crippen LogP contribution in [-0.4, -0.2) is 56.2 Å². The fourth-order valence-corrected chi connectivity index (χ4v) is 5.37. The number of fused-ring (bicyclic) bond motifs is 1. The Labute approximate surface area is 206 Å². The summed E-state index contributed by atoms with van der Waals surface area (Å²) in [6.45, 7) is 2.21. The Morgan fingerprint density at radius 2 is 1.58 bits per heavy atom. The Hall–Kier alpha value is -2.53. The van der Waals surface area contributed by atoms with Crippen LogP contribution in [0.5, 0.6) is 0 Å². The molecule has 1 heterocycles. The van der Waals surface area contributed by atoms with Crippen LogP contribution in [0.15, 0.2) is 65.1 Å². The lowest BCUT2D eigenvalue weighted by molar-refractivity contribution is 0.0979. The van der Waals surface area contributed by atoms with Crippen molar-refractivity contribution in [2.75, 3.05) is 42.7 Å². The second-order valence-corrected chi connectivity index (χ2v) is 11.0. The molecule has 1 amide bonds. The zero-order valence-corrected chi connectivity index (χ0v) is 21.1. The molecule has 0 atom stereocenters. The maximum absolute atomic E-state index is 12.8. The second kappa shape index (κ2) is 9.76. The first-order chi connectivity index (χ1) is 15.7. The number of carbonyl (C=O) groups excluding carboxylic acids is 1. The van der Waals surface area contributed by atoms with Gasteiger partial charge in [-0.15, -0.1) is 0 Å². The number of amides is 1. The monoisotopic (exact) mass is 546 g/mol. The normalized spacial score (nSPS) is 14.8. The van der Waals surface area contributed by atoms with Crippen molar-refractivity contribution >= 4 is 71.3 Å². The van der Waals surface area contributed by atoms with E-state index in [9.17, 15) is 13.2 Å². The molecule has 7 nitrogen and oxygen atoms in total. The summed E-state index contributed by atoms with van der Waals surface area (Å²) >= 11 is 8.86. The van der Waals surface area contributed by atoms with Crippen LogP contribution in [0, 0.1) is 0 Å². The quantitative estimate of drug-likeness (QED) is 0.484. The smallest absolute Gasteiger partial charge is 0.258 e. The first-order valence-electron chi connectivity index (χ1n) is 10.3. The molecule has 10 heteroatoms. The van der Waals surface area contributed by atoms with Gasteiger partial charge in [-0.05, 0) is 59.4 Å². The maximum Gasteiger partial charge on any atom is 0.258 e. The van der Waals surface area contributed by atoms with Gasteiger partial charge in [0.1, 0.15) is 0 Å². The minimum absolute atomic E-state index is 0.210. The number of anilines is 2. The second-order valence-electron chi connectivity index (χ2n) is 7.74. The van der Waals surface area contributed by atoms with E-state index in [0.29, 0.717) is 31.7 Å². The highest BCUT2D eigenvalue weighted by atomic mass is 79.9. The van der Waals surface area contributed by atoms with Gasteiger partial charge in [0, 0.05) is 47.6 Å². The van der Waals surface area contributed by atoms with E-state index in [4.69, 9.17) is 12.2 Å². The van der Waals surface area contributed by atoms with Crippen molar-refractivity contribution in [3.63, 3.8) is 0 Å². The van der Waals surface area contributed by atoms with Crippen LogP contribution in [0.3, 0.4) is 0 Å². The highest BCUT2D eigenvalue weighted by molar-refractivity contribution is 9.10. The van der Waals surface area contributed by atoms with Crippen LogP contribution in [0.1, 0.15) is 10.4 Å². The van der Waals surface area contributed by atoms with Crippen molar-refractivity contribution in [1.29, 1.82) is 0 Å². The van der Waals surface area contributed by atoms with Gasteiger partial charge >= 0.3 is 0 Å². The molecule has 0 bridgehead atoms. The minimum atomic E-state index is -3.15. The molecular weight excluding hydrogens is 524 g/mol. The molecule has 1 fully saturated rings. The molecule has 1 saturated heterocycles. The highest BCUT2D eigenvalue weighted by Crippen LogP contribution is 2.26. The number of thiocarbonyl (C=S) groups is 1. The number of piperazine rings is 1. The average Bonchev–Trinajstić information content (AvgIpc) is 2.79. The van der Waals surface area contributed by atoms with E-state index in [2.05, 4.69) is 31.5 Å². The summed E-state index contributed by atoms with van der Waals surface area (Å²) in [5, 5.41) is 7.80. The predicted octanol–water partition coefficient (Wildman–Crippen LogP) is 3.81. The Balaban J connectivity index is 1.37. The lowest BCUT2D eigenvalue weighted by atomic mass is 10.0. The molecular formula is C23H23BrN4O3S2.